The predicted molar refractivity (Wildman–Crippen MR) is 76.9 cm³/mol. The molecule has 92 valence electrons. The number of hydrogen-bond donors (Lipinski definition) is 0. The van der Waals surface area contributed by atoms with E-state index in [1.54, 1.807) is 24.3 Å². The number of ketones is 1. The quantitative estimate of drug-likeness (QED) is 0.668. The molecular weight excluding hydrogens is 291 g/mol. The zero-order valence-corrected chi connectivity index (χ0v) is 11.8. The molecule has 0 bridgehead atoms. The molecule has 0 amide bonds. The first-order valence-electron chi connectivity index (χ1n) is 5.25. The summed E-state index contributed by atoms with van der Waals surface area (Å²) in [6, 6.07) is 10.6. The third-order valence-corrected chi connectivity index (χ3v) is 3.74. The number of rotatable bonds is 2. The SMILES string of the molecule is CC(=O)c1ccc(-c2cccc(Cl)c2Cl)cc1Cl. The minimum absolute atomic E-state index is 0.0660. The first kappa shape index (κ1) is 13.4. The van der Waals surface area contributed by atoms with Gasteiger partial charge in [-0.15, -0.1) is 0 Å². The van der Waals surface area contributed by atoms with Crippen LogP contribution in [0.15, 0.2) is 36.4 Å². The lowest BCUT2D eigenvalue weighted by molar-refractivity contribution is 0.101. The normalized spacial score (nSPS) is 10.4. The van der Waals surface area contributed by atoms with Gasteiger partial charge in [0.2, 0.25) is 0 Å². The number of Topliss-reactive ketones (excluding diaryl/α,β-unsaturated/α-hetero) is 1. The molecule has 18 heavy (non-hydrogen) atoms. The minimum Gasteiger partial charge on any atom is -0.294 e. The highest BCUT2D eigenvalue weighted by Gasteiger charge is 2.10. The highest BCUT2D eigenvalue weighted by atomic mass is 35.5. The van der Waals surface area contributed by atoms with Crippen LogP contribution in [0.1, 0.15) is 17.3 Å². The molecule has 0 aliphatic carbocycles. The molecule has 1 nitrogen and oxygen atoms in total. The standard InChI is InChI=1S/C14H9Cl3O/c1-8(18)10-6-5-9(7-13(10)16)11-3-2-4-12(15)14(11)17/h2-7H,1H3. The molecule has 0 aliphatic rings. The van der Waals surface area contributed by atoms with Gasteiger partial charge in [-0.3, -0.25) is 4.79 Å². The minimum atomic E-state index is -0.0660. The topological polar surface area (TPSA) is 17.1 Å². The summed E-state index contributed by atoms with van der Waals surface area (Å²) in [5.41, 5.74) is 2.12. The van der Waals surface area contributed by atoms with Crippen LogP contribution in [-0.4, -0.2) is 5.78 Å². The van der Waals surface area contributed by atoms with Gasteiger partial charge in [0.05, 0.1) is 15.1 Å². The van der Waals surface area contributed by atoms with Gasteiger partial charge in [0.25, 0.3) is 0 Å². The summed E-state index contributed by atoms with van der Waals surface area (Å²) in [4.78, 5) is 11.3. The summed E-state index contributed by atoms with van der Waals surface area (Å²) in [5, 5.41) is 1.38. The van der Waals surface area contributed by atoms with E-state index in [1.165, 1.54) is 6.92 Å². The molecule has 0 aliphatic heterocycles. The van der Waals surface area contributed by atoms with E-state index >= 15 is 0 Å². The highest BCUT2D eigenvalue weighted by Crippen LogP contribution is 2.35. The molecule has 0 saturated carbocycles. The third-order valence-electron chi connectivity index (χ3n) is 2.61. The second kappa shape index (κ2) is 5.31. The average Bonchev–Trinajstić information content (AvgIpc) is 2.32. The van der Waals surface area contributed by atoms with Crippen molar-refractivity contribution < 1.29 is 4.79 Å². The fourth-order valence-electron chi connectivity index (χ4n) is 1.69. The van der Waals surface area contributed by atoms with Crippen molar-refractivity contribution >= 4 is 40.6 Å². The summed E-state index contributed by atoms with van der Waals surface area (Å²) < 4.78 is 0. The first-order chi connectivity index (χ1) is 8.50. The number of carbonyl (C=O) groups is 1. The van der Waals surface area contributed by atoms with Gasteiger partial charge in [0.1, 0.15) is 0 Å². The first-order valence-corrected chi connectivity index (χ1v) is 6.39. The van der Waals surface area contributed by atoms with Crippen LogP contribution in [0.5, 0.6) is 0 Å². The summed E-state index contributed by atoms with van der Waals surface area (Å²) in [5.74, 6) is -0.0660. The predicted octanol–water partition coefficient (Wildman–Crippen LogP) is 5.52. The van der Waals surface area contributed by atoms with E-state index in [2.05, 4.69) is 0 Å². The fourth-order valence-corrected chi connectivity index (χ4v) is 2.42. The number of carbonyl (C=O) groups excluding carboxylic acids is 1. The summed E-state index contributed by atoms with van der Waals surface area (Å²) >= 11 is 18.2. The fraction of sp³-hybridized carbons (Fsp3) is 0.0714. The zero-order valence-electron chi connectivity index (χ0n) is 9.51. The smallest absolute Gasteiger partial charge is 0.161 e. The van der Waals surface area contributed by atoms with Crippen LogP contribution in [-0.2, 0) is 0 Å². The monoisotopic (exact) mass is 298 g/mol. The lowest BCUT2D eigenvalue weighted by Crippen LogP contribution is -1.93. The maximum absolute atomic E-state index is 11.3. The van der Waals surface area contributed by atoms with Crippen LogP contribution in [0.3, 0.4) is 0 Å². The van der Waals surface area contributed by atoms with Crippen molar-refractivity contribution in [1.29, 1.82) is 0 Å². The Kier molecular flexibility index (Phi) is 3.96. The lowest BCUT2D eigenvalue weighted by atomic mass is 10.0. The van der Waals surface area contributed by atoms with E-state index in [-0.39, 0.29) is 5.78 Å². The molecular formula is C14H9Cl3O. The molecule has 0 saturated heterocycles. The van der Waals surface area contributed by atoms with Crippen LogP contribution in [0, 0.1) is 0 Å². The van der Waals surface area contributed by atoms with Crippen molar-refractivity contribution in [2.75, 3.05) is 0 Å². The molecule has 0 unspecified atom stereocenters. The Balaban J connectivity index is 2.56. The molecule has 4 heteroatoms. The third kappa shape index (κ3) is 2.54. The van der Waals surface area contributed by atoms with E-state index in [9.17, 15) is 4.79 Å². The van der Waals surface area contributed by atoms with Crippen molar-refractivity contribution in [1.82, 2.24) is 0 Å². The number of benzene rings is 2. The van der Waals surface area contributed by atoms with Gasteiger partial charge in [0.15, 0.2) is 5.78 Å². The van der Waals surface area contributed by atoms with Gasteiger partial charge in [0, 0.05) is 11.1 Å². The van der Waals surface area contributed by atoms with Crippen molar-refractivity contribution in [2.45, 2.75) is 6.92 Å². The molecule has 0 spiro atoms. The van der Waals surface area contributed by atoms with Crippen LogP contribution in [0.4, 0.5) is 0 Å². The Bertz CT molecular complexity index is 620. The molecule has 2 aromatic carbocycles. The Morgan fingerprint density at radius 3 is 2.33 bits per heavy atom. The van der Waals surface area contributed by atoms with Crippen LogP contribution in [0.25, 0.3) is 11.1 Å². The molecule has 0 radical (unpaired) electrons. The van der Waals surface area contributed by atoms with Crippen molar-refractivity contribution in [3.63, 3.8) is 0 Å². The molecule has 0 atom stereocenters. The van der Waals surface area contributed by atoms with Gasteiger partial charge < -0.3 is 0 Å². The highest BCUT2D eigenvalue weighted by molar-refractivity contribution is 6.43. The largest absolute Gasteiger partial charge is 0.294 e. The zero-order chi connectivity index (χ0) is 13.3. The Morgan fingerprint density at radius 1 is 1.00 bits per heavy atom. The van der Waals surface area contributed by atoms with Gasteiger partial charge >= 0.3 is 0 Å². The van der Waals surface area contributed by atoms with E-state index in [4.69, 9.17) is 34.8 Å². The molecule has 0 aromatic heterocycles. The maximum Gasteiger partial charge on any atom is 0.161 e. The Morgan fingerprint density at radius 2 is 1.72 bits per heavy atom. The molecule has 2 rings (SSSR count). The summed E-state index contributed by atoms with van der Waals surface area (Å²) in [6.45, 7) is 1.48. The summed E-state index contributed by atoms with van der Waals surface area (Å²) in [7, 11) is 0. The van der Waals surface area contributed by atoms with Crippen molar-refractivity contribution in [3.05, 3.63) is 57.0 Å². The van der Waals surface area contributed by atoms with E-state index in [0.29, 0.717) is 20.6 Å². The second-order valence-electron chi connectivity index (χ2n) is 3.85. The molecule has 0 N–H and O–H groups in total. The average molecular weight is 300 g/mol. The Labute approximate surface area is 120 Å². The van der Waals surface area contributed by atoms with Crippen molar-refractivity contribution in [3.8, 4) is 11.1 Å². The van der Waals surface area contributed by atoms with Crippen LogP contribution >= 0.6 is 34.8 Å². The molecule has 0 fully saturated rings. The Hall–Kier alpha value is -1.02. The van der Waals surface area contributed by atoms with E-state index in [1.807, 2.05) is 12.1 Å². The van der Waals surface area contributed by atoms with Gasteiger partial charge in [-0.1, -0.05) is 53.0 Å². The maximum atomic E-state index is 11.3. The van der Waals surface area contributed by atoms with Gasteiger partial charge in [-0.25, -0.2) is 0 Å². The van der Waals surface area contributed by atoms with Crippen molar-refractivity contribution in [2.24, 2.45) is 0 Å². The van der Waals surface area contributed by atoms with E-state index < -0.39 is 0 Å². The lowest BCUT2D eigenvalue weighted by Gasteiger charge is -2.08. The van der Waals surface area contributed by atoms with E-state index in [0.717, 1.165) is 11.1 Å². The number of hydrogen-bond acceptors (Lipinski definition) is 1. The number of halogens is 3. The summed E-state index contributed by atoms with van der Waals surface area (Å²) in [6.07, 6.45) is 0. The van der Waals surface area contributed by atoms with Gasteiger partial charge in [-0.2, -0.15) is 0 Å². The van der Waals surface area contributed by atoms with Crippen LogP contribution in [0.2, 0.25) is 15.1 Å². The second-order valence-corrected chi connectivity index (χ2v) is 5.04. The molecule has 0 heterocycles. The van der Waals surface area contributed by atoms with Gasteiger partial charge in [-0.05, 0) is 30.7 Å². The van der Waals surface area contributed by atoms with Crippen LogP contribution < -0.4 is 0 Å². The molecule has 2 aromatic rings.